The van der Waals surface area contributed by atoms with Gasteiger partial charge in [0.1, 0.15) is 12.2 Å². The van der Waals surface area contributed by atoms with Crippen LogP contribution in [0.1, 0.15) is 37.5 Å². The lowest BCUT2D eigenvalue weighted by Gasteiger charge is -2.19. The van der Waals surface area contributed by atoms with Gasteiger partial charge in [0.2, 0.25) is 11.2 Å². The molecule has 0 saturated heterocycles. The van der Waals surface area contributed by atoms with E-state index in [1.54, 1.807) is 36.4 Å². The second kappa shape index (κ2) is 8.53. The molecule has 3 aromatic carbocycles. The van der Waals surface area contributed by atoms with Gasteiger partial charge in [0.25, 0.3) is 0 Å². The van der Waals surface area contributed by atoms with E-state index in [0.29, 0.717) is 32.9 Å². The van der Waals surface area contributed by atoms with Crippen LogP contribution in [0, 0.1) is 11.3 Å². The number of nitriles is 1. The number of nitrogens with zero attached hydrogens (tertiary/aromatic N) is 1. The van der Waals surface area contributed by atoms with E-state index < -0.39 is 0 Å². The summed E-state index contributed by atoms with van der Waals surface area (Å²) in [5, 5.41) is 10.1. The van der Waals surface area contributed by atoms with Gasteiger partial charge in [0.05, 0.1) is 17.0 Å². The Kier molecular flexibility index (Phi) is 5.78. The molecule has 0 aliphatic carbocycles. The van der Waals surface area contributed by atoms with Gasteiger partial charge in [-0.1, -0.05) is 74.8 Å². The number of hydrogen-bond acceptors (Lipinski definition) is 4. The molecular weight excluding hydrogens is 422 g/mol. The van der Waals surface area contributed by atoms with Crippen LogP contribution in [0.4, 0.5) is 0 Å². The summed E-state index contributed by atoms with van der Waals surface area (Å²) in [5.41, 5.74) is 3.21. The molecule has 32 heavy (non-hydrogen) atoms. The highest BCUT2D eigenvalue weighted by molar-refractivity contribution is 6.31. The minimum atomic E-state index is -0.307. The van der Waals surface area contributed by atoms with Gasteiger partial charge in [-0.3, -0.25) is 4.79 Å². The van der Waals surface area contributed by atoms with Crippen LogP contribution in [-0.2, 0) is 12.0 Å². The average Bonchev–Trinajstić information content (AvgIpc) is 2.78. The highest BCUT2D eigenvalue weighted by atomic mass is 35.5. The maximum atomic E-state index is 13.4. The first-order valence-electron chi connectivity index (χ1n) is 10.3. The number of benzene rings is 3. The first-order chi connectivity index (χ1) is 15.3. The van der Waals surface area contributed by atoms with Gasteiger partial charge in [-0.15, -0.1) is 0 Å². The van der Waals surface area contributed by atoms with Crippen LogP contribution in [0.2, 0.25) is 5.02 Å². The van der Waals surface area contributed by atoms with Crippen molar-refractivity contribution in [3.63, 3.8) is 0 Å². The maximum Gasteiger partial charge on any atom is 0.235 e. The van der Waals surface area contributed by atoms with Crippen molar-refractivity contribution in [3.8, 4) is 23.1 Å². The standard InChI is InChI=1S/C27H22ClNO3/c1-27(2,3)20-10-8-17(9-11-20)25-26(31-16-19-7-5-4-6-18(19)15-29)24(30)22-14-21(28)12-13-23(22)32-25/h4-14H,16H2,1-3H3. The lowest BCUT2D eigenvalue weighted by atomic mass is 9.86. The van der Waals surface area contributed by atoms with Crippen LogP contribution < -0.4 is 10.2 Å². The highest BCUT2D eigenvalue weighted by Gasteiger charge is 2.20. The van der Waals surface area contributed by atoms with Gasteiger partial charge in [-0.25, -0.2) is 0 Å². The number of halogens is 1. The Morgan fingerprint density at radius 1 is 1.03 bits per heavy atom. The zero-order valence-corrected chi connectivity index (χ0v) is 18.9. The Balaban J connectivity index is 1.85. The molecule has 0 spiro atoms. The molecule has 1 heterocycles. The van der Waals surface area contributed by atoms with Crippen molar-refractivity contribution >= 4 is 22.6 Å². The zero-order valence-electron chi connectivity index (χ0n) is 18.1. The van der Waals surface area contributed by atoms with Crippen molar-refractivity contribution in [3.05, 3.63) is 98.7 Å². The van der Waals surface area contributed by atoms with E-state index >= 15 is 0 Å². The maximum absolute atomic E-state index is 13.4. The predicted molar refractivity (Wildman–Crippen MR) is 127 cm³/mol. The summed E-state index contributed by atoms with van der Waals surface area (Å²) in [6, 6.07) is 22.1. The topological polar surface area (TPSA) is 63.2 Å². The third-order valence-corrected chi connectivity index (χ3v) is 5.57. The van der Waals surface area contributed by atoms with E-state index in [4.69, 9.17) is 20.8 Å². The molecule has 0 fully saturated rings. The molecule has 4 nitrogen and oxygen atoms in total. The van der Waals surface area contributed by atoms with Crippen LogP contribution in [0.3, 0.4) is 0 Å². The SMILES string of the molecule is CC(C)(C)c1ccc(-c2oc3ccc(Cl)cc3c(=O)c2OCc2ccccc2C#N)cc1. The van der Waals surface area contributed by atoms with E-state index in [-0.39, 0.29) is 23.2 Å². The fraction of sp³-hybridized carbons (Fsp3) is 0.185. The smallest absolute Gasteiger partial charge is 0.235 e. The Morgan fingerprint density at radius 3 is 2.44 bits per heavy atom. The Morgan fingerprint density at radius 2 is 1.75 bits per heavy atom. The fourth-order valence-corrected chi connectivity index (χ4v) is 3.67. The van der Waals surface area contributed by atoms with Gasteiger partial charge in [-0.2, -0.15) is 5.26 Å². The Hall–Kier alpha value is -3.55. The summed E-state index contributed by atoms with van der Waals surface area (Å²) in [4.78, 5) is 13.4. The molecule has 0 bridgehead atoms. The molecule has 5 heteroatoms. The molecule has 0 aliphatic heterocycles. The second-order valence-corrected chi connectivity index (χ2v) is 9.05. The molecule has 0 N–H and O–H groups in total. The molecule has 4 rings (SSSR count). The molecule has 160 valence electrons. The third-order valence-electron chi connectivity index (χ3n) is 5.33. The summed E-state index contributed by atoms with van der Waals surface area (Å²) in [6.45, 7) is 6.49. The van der Waals surface area contributed by atoms with Crippen molar-refractivity contribution in [2.75, 3.05) is 0 Å². The molecule has 0 saturated carbocycles. The van der Waals surface area contributed by atoms with Crippen molar-refractivity contribution in [2.45, 2.75) is 32.8 Å². The van der Waals surface area contributed by atoms with Crippen molar-refractivity contribution in [1.82, 2.24) is 0 Å². The lowest BCUT2D eigenvalue weighted by molar-refractivity contribution is 0.297. The molecule has 0 unspecified atom stereocenters. The first kappa shape index (κ1) is 21.7. The van der Waals surface area contributed by atoms with Gasteiger partial charge in [-0.05, 0) is 35.2 Å². The van der Waals surface area contributed by atoms with Crippen LogP contribution in [-0.4, -0.2) is 0 Å². The van der Waals surface area contributed by atoms with Crippen molar-refractivity contribution in [2.24, 2.45) is 0 Å². The van der Waals surface area contributed by atoms with Gasteiger partial charge >= 0.3 is 0 Å². The first-order valence-corrected chi connectivity index (χ1v) is 10.6. The number of fused-ring (bicyclic) bond motifs is 1. The van der Waals surface area contributed by atoms with Crippen molar-refractivity contribution in [1.29, 1.82) is 5.26 Å². The van der Waals surface area contributed by atoms with Crippen LogP contribution in [0.5, 0.6) is 5.75 Å². The summed E-state index contributed by atoms with van der Waals surface area (Å²) < 4.78 is 12.1. The van der Waals surface area contributed by atoms with Gasteiger partial charge in [0.15, 0.2) is 5.76 Å². The Labute approximate surface area is 191 Å². The molecule has 4 aromatic rings. The monoisotopic (exact) mass is 443 g/mol. The summed E-state index contributed by atoms with van der Waals surface area (Å²) in [6.07, 6.45) is 0. The minimum absolute atomic E-state index is 0.000163. The zero-order chi connectivity index (χ0) is 22.9. The number of hydrogen-bond donors (Lipinski definition) is 0. The summed E-state index contributed by atoms with van der Waals surface area (Å²) in [7, 11) is 0. The van der Waals surface area contributed by atoms with Crippen molar-refractivity contribution < 1.29 is 9.15 Å². The molecule has 0 atom stereocenters. The predicted octanol–water partition coefficient (Wildman–Crippen LogP) is 6.86. The molecular formula is C27H22ClNO3. The van der Waals surface area contributed by atoms with E-state index in [9.17, 15) is 10.1 Å². The summed E-state index contributed by atoms with van der Waals surface area (Å²) >= 11 is 6.11. The van der Waals surface area contributed by atoms with E-state index in [1.807, 2.05) is 30.3 Å². The molecule has 0 aliphatic rings. The van der Waals surface area contributed by atoms with E-state index in [1.165, 1.54) is 5.56 Å². The van der Waals surface area contributed by atoms with E-state index in [0.717, 1.165) is 5.56 Å². The van der Waals surface area contributed by atoms with Crippen LogP contribution in [0.15, 0.2) is 75.9 Å². The highest BCUT2D eigenvalue weighted by Crippen LogP contribution is 2.34. The van der Waals surface area contributed by atoms with Gasteiger partial charge in [0, 0.05) is 16.1 Å². The molecule has 1 aromatic heterocycles. The normalized spacial score (nSPS) is 11.3. The van der Waals surface area contributed by atoms with Crippen LogP contribution >= 0.6 is 11.6 Å². The fourth-order valence-electron chi connectivity index (χ4n) is 3.50. The molecule has 0 radical (unpaired) electrons. The largest absolute Gasteiger partial charge is 0.481 e. The lowest BCUT2D eigenvalue weighted by Crippen LogP contribution is -2.12. The number of rotatable bonds is 4. The van der Waals surface area contributed by atoms with Crippen LogP contribution in [0.25, 0.3) is 22.3 Å². The third kappa shape index (κ3) is 4.26. The Bertz CT molecular complexity index is 1390. The van der Waals surface area contributed by atoms with E-state index in [2.05, 4.69) is 26.8 Å². The summed E-state index contributed by atoms with van der Waals surface area (Å²) in [5.74, 6) is 0.440. The average molecular weight is 444 g/mol. The van der Waals surface area contributed by atoms with Gasteiger partial charge < -0.3 is 9.15 Å². The number of ether oxygens (including phenoxy) is 1. The minimum Gasteiger partial charge on any atom is -0.481 e. The quantitative estimate of drug-likeness (QED) is 0.345. The second-order valence-electron chi connectivity index (χ2n) is 8.61. The molecule has 0 amide bonds.